The second-order valence-corrected chi connectivity index (χ2v) is 2.68. The van der Waals surface area contributed by atoms with Gasteiger partial charge in [-0.2, -0.15) is 0 Å². The van der Waals surface area contributed by atoms with Crippen LogP contribution in [0.2, 0.25) is 0 Å². The average molecular weight is 112 g/mol. The van der Waals surface area contributed by atoms with Gasteiger partial charge in [-0.25, -0.2) is 0 Å². The van der Waals surface area contributed by atoms with Gasteiger partial charge in [-0.05, 0) is 19.9 Å². The summed E-state index contributed by atoms with van der Waals surface area (Å²) in [6.07, 6.45) is 3.60. The number of rotatable bonds is 1. The quantitative estimate of drug-likeness (QED) is 0.481. The van der Waals surface area contributed by atoms with Crippen LogP contribution in [0.4, 0.5) is 0 Å². The molecule has 0 aromatic carbocycles. The number of hydrogen-bond acceptors (Lipinski definition) is 2. The molecule has 0 aliphatic carbocycles. The van der Waals surface area contributed by atoms with E-state index in [0.29, 0.717) is 0 Å². The summed E-state index contributed by atoms with van der Waals surface area (Å²) in [4.78, 5) is 2.51. The number of nitrogens with zero attached hydrogens (tertiary/aromatic N) is 1. The maximum atomic E-state index is 3.27. The molecule has 2 fully saturated rings. The molecule has 0 saturated carbocycles. The zero-order valence-corrected chi connectivity index (χ0v) is 5.22. The number of likely N-dealkylation sites (N-methyl/N-ethyl adjacent to an activating group) is 1. The maximum Gasteiger partial charge on any atom is 0.0759 e. The number of nitrogens with one attached hydrogen (secondary N) is 1. The highest BCUT2D eigenvalue weighted by Crippen LogP contribution is 2.35. The van der Waals surface area contributed by atoms with E-state index >= 15 is 0 Å². The average Bonchev–Trinajstić information content (AvgIpc) is 2.22. The van der Waals surface area contributed by atoms with Crippen LogP contribution in [-0.2, 0) is 0 Å². The van der Waals surface area contributed by atoms with E-state index < -0.39 is 0 Å². The lowest BCUT2D eigenvalue weighted by molar-refractivity contribution is 0.498. The van der Waals surface area contributed by atoms with Crippen LogP contribution in [0.1, 0.15) is 12.8 Å². The lowest BCUT2D eigenvalue weighted by atomic mass is 10.2. The van der Waals surface area contributed by atoms with Crippen LogP contribution in [0.5, 0.6) is 0 Å². The summed E-state index contributed by atoms with van der Waals surface area (Å²) in [6, 6.07) is 0.917. The molecule has 8 heavy (non-hydrogen) atoms. The van der Waals surface area contributed by atoms with Crippen molar-refractivity contribution in [2.75, 3.05) is 13.6 Å². The summed E-state index contributed by atoms with van der Waals surface area (Å²) in [5.41, 5.74) is 0. The summed E-state index contributed by atoms with van der Waals surface area (Å²) >= 11 is 0. The fourth-order valence-corrected chi connectivity index (χ4v) is 1.80. The highest BCUT2D eigenvalue weighted by molar-refractivity contribution is 5.03. The Kier molecular flexibility index (Phi) is 0.866. The maximum absolute atomic E-state index is 3.27. The molecule has 3 atom stereocenters. The molecule has 0 aromatic rings. The van der Waals surface area contributed by atoms with E-state index in [9.17, 15) is 0 Å². The molecular weight excluding hydrogens is 100 g/mol. The van der Waals surface area contributed by atoms with Crippen molar-refractivity contribution in [3.63, 3.8) is 0 Å². The van der Waals surface area contributed by atoms with Crippen molar-refractivity contribution < 1.29 is 0 Å². The lowest BCUT2D eigenvalue weighted by Crippen LogP contribution is -2.18. The molecule has 0 amide bonds. The molecule has 2 aliphatic rings. The molecule has 0 aromatic heterocycles. The zero-order chi connectivity index (χ0) is 5.56. The first-order valence-corrected chi connectivity index (χ1v) is 3.36. The molecule has 1 N–H and O–H groups in total. The van der Waals surface area contributed by atoms with E-state index in [-0.39, 0.29) is 0 Å². The van der Waals surface area contributed by atoms with Crippen LogP contribution < -0.4 is 5.32 Å². The van der Waals surface area contributed by atoms with Gasteiger partial charge in [0.05, 0.1) is 6.17 Å². The van der Waals surface area contributed by atoms with Crippen LogP contribution in [0.3, 0.4) is 0 Å². The zero-order valence-electron chi connectivity index (χ0n) is 5.22. The van der Waals surface area contributed by atoms with Gasteiger partial charge in [-0.15, -0.1) is 0 Å². The number of piperidine rings is 1. The second-order valence-electron chi connectivity index (χ2n) is 2.68. The summed E-state index contributed by atoms with van der Waals surface area (Å²) in [6.45, 7) is 1.33. The third kappa shape index (κ3) is 0.446. The van der Waals surface area contributed by atoms with Gasteiger partial charge in [0, 0.05) is 12.6 Å². The van der Waals surface area contributed by atoms with Crippen LogP contribution in [0.25, 0.3) is 0 Å². The van der Waals surface area contributed by atoms with E-state index in [0.717, 1.165) is 12.2 Å². The summed E-state index contributed by atoms with van der Waals surface area (Å²) < 4.78 is 0. The third-order valence-corrected chi connectivity index (χ3v) is 2.27. The van der Waals surface area contributed by atoms with Crippen molar-refractivity contribution in [3.05, 3.63) is 0 Å². The largest absolute Gasteiger partial charge is 0.303 e. The van der Waals surface area contributed by atoms with Crippen molar-refractivity contribution in [1.29, 1.82) is 0 Å². The Morgan fingerprint density at radius 1 is 1.62 bits per heavy atom. The fraction of sp³-hybridized carbons (Fsp3) is 1.00. The van der Waals surface area contributed by atoms with E-state index in [2.05, 4.69) is 10.2 Å². The molecule has 2 aliphatic heterocycles. The molecule has 2 saturated heterocycles. The Bertz CT molecular complexity index is 85.9. The Hall–Kier alpha value is -0.0800. The highest BCUT2D eigenvalue weighted by Gasteiger charge is 2.48. The minimum atomic E-state index is 0.753. The van der Waals surface area contributed by atoms with Crippen LogP contribution in [0.15, 0.2) is 0 Å². The molecular formula is C6H12N2. The predicted octanol–water partition coefficient (Wildman–Crippen LogP) is 0.00990. The molecule has 46 valence electrons. The van der Waals surface area contributed by atoms with Gasteiger partial charge in [-0.1, -0.05) is 0 Å². The van der Waals surface area contributed by atoms with Gasteiger partial charge < -0.3 is 5.32 Å². The van der Waals surface area contributed by atoms with Crippen LogP contribution in [-0.4, -0.2) is 30.7 Å². The standard InChI is InChI=1S/C6H12N2/c1-7-6-5-3-2-4-8(5)6/h5-7H,2-4H2,1H3. The Morgan fingerprint density at radius 2 is 2.50 bits per heavy atom. The van der Waals surface area contributed by atoms with E-state index in [1.807, 2.05) is 7.05 Å². The second kappa shape index (κ2) is 1.45. The topological polar surface area (TPSA) is 15.0 Å². The van der Waals surface area contributed by atoms with Crippen molar-refractivity contribution in [2.24, 2.45) is 0 Å². The van der Waals surface area contributed by atoms with Crippen molar-refractivity contribution in [2.45, 2.75) is 25.0 Å². The van der Waals surface area contributed by atoms with Gasteiger partial charge >= 0.3 is 0 Å². The fourth-order valence-electron chi connectivity index (χ4n) is 1.80. The molecule has 0 radical (unpaired) electrons. The predicted molar refractivity (Wildman–Crippen MR) is 32.6 cm³/mol. The van der Waals surface area contributed by atoms with Gasteiger partial charge in [0.15, 0.2) is 0 Å². The van der Waals surface area contributed by atoms with E-state index in [1.54, 1.807) is 0 Å². The third-order valence-electron chi connectivity index (χ3n) is 2.27. The first-order valence-electron chi connectivity index (χ1n) is 3.36. The van der Waals surface area contributed by atoms with Gasteiger partial charge in [0.1, 0.15) is 0 Å². The minimum absolute atomic E-state index is 0.753. The molecule has 0 spiro atoms. The number of fused-ring (bicyclic) bond motifs is 1. The molecule has 3 unspecified atom stereocenters. The monoisotopic (exact) mass is 112 g/mol. The Balaban J connectivity index is 1.94. The minimum Gasteiger partial charge on any atom is -0.303 e. The Morgan fingerprint density at radius 3 is 2.88 bits per heavy atom. The molecule has 2 heteroatoms. The number of hydrogen-bond donors (Lipinski definition) is 1. The highest BCUT2D eigenvalue weighted by atomic mass is 15.5. The van der Waals surface area contributed by atoms with Crippen molar-refractivity contribution >= 4 is 0 Å². The first-order chi connectivity index (χ1) is 3.93. The Labute approximate surface area is 49.9 Å². The molecule has 2 heterocycles. The van der Waals surface area contributed by atoms with Crippen molar-refractivity contribution in [3.8, 4) is 0 Å². The van der Waals surface area contributed by atoms with Crippen LogP contribution >= 0.6 is 0 Å². The van der Waals surface area contributed by atoms with E-state index in [4.69, 9.17) is 0 Å². The summed E-state index contributed by atoms with van der Waals surface area (Å²) in [7, 11) is 2.04. The van der Waals surface area contributed by atoms with Gasteiger partial charge in [-0.3, -0.25) is 4.90 Å². The molecule has 2 rings (SSSR count). The SMILES string of the molecule is CNC1C2CCCN21. The van der Waals surface area contributed by atoms with Gasteiger partial charge in [0.25, 0.3) is 0 Å². The lowest BCUT2D eigenvalue weighted by Gasteiger charge is -1.97. The molecule has 0 bridgehead atoms. The van der Waals surface area contributed by atoms with Gasteiger partial charge in [0.2, 0.25) is 0 Å². The van der Waals surface area contributed by atoms with E-state index in [1.165, 1.54) is 19.4 Å². The first kappa shape index (κ1) is 4.77. The normalized spacial score (nSPS) is 51.4. The van der Waals surface area contributed by atoms with Crippen molar-refractivity contribution in [1.82, 2.24) is 10.2 Å². The van der Waals surface area contributed by atoms with Crippen LogP contribution in [0, 0.1) is 0 Å². The molecule has 2 nitrogen and oxygen atoms in total. The smallest absolute Gasteiger partial charge is 0.0759 e. The summed E-state index contributed by atoms with van der Waals surface area (Å²) in [5.74, 6) is 0. The summed E-state index contributed by atoms with van der Waals surface area (Å²) in [5, 5.41) is 3.27.